The lowest BCUT2D eigenvalue weighted by molar-refractivity contribution is 0.115. The minimum absolute atomic E-state index is 0.0659. The van der Waals surface area contributed by atoms with Crippen LogP contribution in [0.15, 0.2) is 22.7 Å². The molecule has 1 nitrogen and oxygen atoms in total. The zero-order chi connectivity index (χ0) is 15.5. The maximum atomic E-state index is 14.1. The van der Waals surface area contributed by atoms with Crippen LogP contribution in [-0.2, 0) is 6.42 Å². The van der Waals surface area contributed by atoms with Gasteiger partial charge in [-0.2, -0.15) is 0 Å². The third kappa shape index (κ3) is 4.79. The quantitative estimate of drug-likeness (QED) is 0.766. The average molecular weight is 356 g/mol. The molecule has 3 heteroatoms. The molecule has 1 aromatic carbocycles. The Morgan fingerprint density at radius 2 is 2.10 bits per heavy atom. The first kappa shape index (κ1) is 17.0. The molecule has 0 radical (unpaired) electrons. The molecule has 1 N–H and O–H groups in total. The lowest BCUT2D eigenvalue weighted by atomic mass is 9.65. The second-order valence-corrected chi connectivity index (χ2v) is 8.09. The molecule has 1 saturated carbocycles. The number of hydrogen-bond donors (Lipinski definition) is 1. The van der Waals surface area contributed by atoms with Crippen molar-refractivity contribution in [2.24, 2.45) is 17.3 Å². The highest BCUT2D eigenvalue weighted by Gasteiger charge is 2.34. The summed E-state index contributed by atoms with van der Waals surface area (Å²) in [7, 11) is 0. The van der Waals surface area contributed by atoms with Crippen molar-refractivity contribution in [2.75, 3.05) is 13.1 Å². The molecule has 2 atom stereocenters. The molecule has 1 aromatic rings. The fraction of sp³-hybridized carbons (Fsp3) is 0.667. The van der Waals surface area contributed by atoms with Crippen LogP contribution in [0.25, 0.3) is 0 Å². The summed E-state index contributed by atoms with van der Waals surface area (Å²) in [6.07, 6.45) is 4.57. The Morgan fingerprint density at radius 1 is 1.33 bits per heavy atom. The molecule has 21 heavy (non-hydrogen) atoms. The molecule has 0 aromatic heterocycles. The predicted octanol–water partition coefficient (Wildman–Crippen LogP) is 5.18. The molecular formula is C18H27BrFN. The Balaban J connectivity index is 2.13. The van der Waals surface area contributed by atoms with Crippen LogP contribution in [0, 0.1) is 23.1 Å². The smallest absolute Gasteiger partial charge is 0.126 e. The molecule has 0 amide bonds. The van der Waals surface area contributed by atoms with E-state index in [1.165, 1.54) is 19.3 Å². The monoisotopic (exact) mass is 355 g/mol. The molecule has 0 spiro atoms. The van der Waals surface area contributed by atoms with E-state index in [9.17, 15) is 4.39 Å². The first-order valence-electron chi connectivity index (χ1n) is 8.06. The Morgan fingerprint density at radius 3 is 2.81 bits per heavy atom. The minimum Gasteiger partial charge on any atom is -0.317 e. The van der Waals surface area contributed by atoms with E-state index in [-0.39, 0.29) is 5.82 Å². The van der Waals surface area contributed by atoms with E-state index in [1.54, 1.807) is 12.1 Å². The summed E-state index contributed by atoms with van der Waals surface area (Å²) < 4.78 is 15.0. The maximum Gasteiger partial charge on any atom is 0.126 e. The van der Waals surface area contributed by atoms with Gasteiger partial charge in [-0.1, -0.05) is 36.7 Å². The third-order valence-electron chi connectivity index (χ3n) is 4.82. The molecule has 1 aliphatic rings. The van der Waals surface area contributed by atoms with Crippen molar-refractivity contribution in [3.05, 3.63) is 34.1 Å². The maximum absolute atomic E-state index is 14.1. The summed E-state index contributed by atoms with van der Waals surface area (Å²) in [5.74, 6) is 1.16. The van der Waals surface area contributed by atoms with Crippen LogP contribution < -0.4 is 5.32 Å². The summed E-state index contributed by atoms with van der Waals surface area (Å²) >= 11 is 3.46. The molecule has 2 unspecified atom stereocenters. The van der Waals surface area contributed by atoms with Gasteiger partial charge in [0.2, 0.25) is 0 Å². The fourth-order valence-electron chi connectivity index (χ4n) is 3.61. The first-order chi connectivity index (χ1) is 9.91. The fourth-order valence-corrected chi connectivity index (χ4v) is 4.02. The Hall–Kier alpha value is -0.410. The summed E-state index contributed by atoms with van der Waals surface area (Å²) in [6.45, 7) is 8.92. The zero-order valence-corrected chi connectivity index (χ0v) is 15.0. The van der Waals surface area contributed by atoms with Gasteiger partial charge in [0.1, 0.15) is 5.82 Å². The third-order valence-corrected chi connectivity index (χ3v) is 5.31. The van der Waals surface area contributed by atoms with Crippen molar-refractivity contribution in [1.29, 1.82) is 0 Å². The highest BCUT2D eigenvalue weighted by Crippen LogP contribution is 2.43. The highest BCUT2D eigenvalue weighted by molar-refractivity contribution is 9.10. The van der Waals surface area contributed by atoms with Crippen molar-refractivity contribution in [3.8, 4) is 0 Å². The van der Waals surface area contributed by atoms with Gasteiger partial charge < -0.3 is 5.32 Å². The van der Waals surface area contributed by atoms with E-state index in [4.69, 9.17) is 0 Å². The molecule has 0 saturated heterocycles. The summed E-state index contributed by atoms with van der Waals surface area (Å²) in [5.41, 5.74) is 1.24. The van der Waals surface area contributed by atoms with E-state index in [2.05, 4.69) is 42.0 Å². The second kappa shape index (κ2) is 7.23. The van der Waals surface area contributed by atoms with Crippen LogP contribution >= 0.6 is 15.9 Å². The molecule has 118 valence electrons. The van der Waals surface area contributed by atoms with Gasteiger partial charge in [-0.15, -0.1) is 0 Å². The van der Waals surface area contributed by atoms with Gasteiger partial charge in [-0.05, 0) is 79.8 Å². The van der Waals surface area contributed by atoms with Crippen LogP contribution in [0.1, 0.15) is 45.6 Å². The molecule has 1 aliphatic carbocycles. The Bertz CT molecular complexity index is 472. The number of nitrogens with one attached hydrogen (secondary N) is 1. The predicted molar refractivity (Wildman–Crippen MR) is 91.0 cm³/mol. The van der Waals surface area contributed by atoms with Gasteiger partial charge in [0.05, 0.1) is 0 Å². The molecular weight excluding hydrogens is 329 g/mol. The van der Waals surface area contributed by atoms with Crippen LogP contribution in [0.2, 0.25) is 0 Å². The van der Waals surface area contributed by atoms with Gasteiger partial charge in [0, 0.05) is 4.47 Å². The van der Waals surface area contributed by atoms with Gasteiger partial charge >= 0.3 is 0 Å². The van der Waals surface area contributed by atoms with Crippen LogP contribution in [-0.4, -0.2) is 13.1 Å². The number of hydrogen-bond acceptors (Lipinski definition) is 1. The van der Waals surface area contributed by atoms with E-state index in [0.717, 1.165) is 29.5 Å². The molecule has 0 aliphatic heterocycles. The molecule has 2 rings (SSSR count). The van der Waals surface area contributed by atoms with Gasteiger partial charge in [0.15, 0.2) is 0 Å². The second-order valence-electron chi connectivity index (χ2n) is 7.17. The molecule has 1 fully saturated rings. The standard InChI is InChI=1S/C18H27BrFN/c1-4-21-12-13-7-8-18(2,3)11-15(13)9-14-10-16(19)5-6-17(14)20/h5-6,10,13,15,21H,4,7-9,11-12H2,1-3H3. The Labute approximate surface area is 136 Å². The van der Waals surface area contributed by atoms with E-state index < -0.39 is 0 Å². The SMILES string of the molecule is CCNCC1CCC(C)(C)CC1Cc1cc(Br)ccc1F. The molecule has 0 heterocycles. The van der Waals surface area contributed by atoms with Crippen molar-refractivity contribution < 1.29 is 4.39 Å². The molecule has 0 bridgehead atoms. The van der Waals surface area contributed by atoms with E-state index >= 15 is 0 Å². The van der Waals surface area contributed by atoms with E-state index in [0.29, 0.717) is 17.3 Å². The largest absolute Gasteiger partial charge is 0.317 e. The first-order valence-corrected chi connectivity index (χ1v) is 8.85. The lowest BCUT2D eigenvalue weighted by Crippen LogP contribution is -2.37. The number of rotatable bonds is 5. The van der Waals surface area contributed by atoms with Crippen molar-refractivity contribution in [2.45, 2.75) is 46.5 Å². The average Bonchev–Trinajstić information content (AvgIpc) is 2.41. The van der Waals surface area contributed by atoms with Crippen LogP contribution in [0.5, 0.6) is 0 Å². The van der Waals surface area contributed by atoms with E-state index in [1.807, 2.05) is 6.07 Å². The normalized spacial score (nSPS) is 25.0. The van der Waals surface area contributed by atoms with Crippen molar-refractivity contribution in [3.63, 3.8) is 0 Å². The number of halogens is 2. The summed E-state index contributed by atoms with van der Waals surface area (Å²) in [4.78, 5) is 0. The minimum atomic E-state index is -0.0659. The van der Waals surface area contributed by atoms with Crippen LogP contribution in [0.4, 0.5) is 4.39 Å². The topological polar surface area (TPSA) is 12.0 Å². The highest BCUT2D eigenvalue weighted by atomic mass is 79.9. The van der Waals surface area contributed by atoms with Gasteiger partial charge in [0.25, 0.3) is 0 Å². The van der Waals surface area contributed by atoms with Crippen molar-refractivity contribution in [1.82, 2.24) is 5.32 Å². The lowest BCUT2D eigenvalue weighted by Gasteiger charge is -2.41. The van der Waals surface area contributed by atoms with Gasteiger partial charge in [-0.3, -0.25) is 0 Å². The summed E-state index contributed by atoms with van der Waals surface area (Å²) in [6, 6.07) is 5.30. The van der Waals surface area contributed by atoms with Gasteiger partial charge in [-0.25, -0.2) is 4.39 Å². The zero-order valence-electron chi connectivity index (χ0n) is 13.4. The van der Waals surface area contributed by atoms with Crippen LogP contribution in [0.3, 0.4) is 0 Å². The summed E-state index contributed by atoms with van der Waals surface area (Å²) in [5, 5.41) is 3.48. The number of benzene rings is 1. The van der Waals surface area contributed by atoms with Crippen molar-refractivity contribution >= 4 is 15.9 Å². The Kier molecular flexibility index (Phi) is 5.84.